The molecule has 0 atom stereocenters. The molecule has 2 heteroatoms. The molecular weight excluding hydrogens is 462 g/mol. The third kappa shape index (κ3) is 5.21. The maximum Gasteiger partial charge on any atom is 0.138 e. The smallest absolute Gasteiger partial charge is 0.138 e. The third-order valence-corrected chi connectivity index (χ3v) is 7.97. The van der Waals surface area contributed by atoms with Gasteiger partial charge in [-0.05, 0) is 94.7 Å². The maximum atomic E-state index is 7.11. The third-order valence-electron chi connectivity index (χ3n) is 7.97. The largest absolute Gasteiger partial charge is 0.455 e. The lowest BCUT2D eigenvalue weighted by Gasteiger charge is -2.27. The molecule has 0 amide bonds. The van der Waals surface area contributed by atoms with Crippen molar-refractivity contribution in [2.45, 2.75) is 105 Å². The highest BCUT2D eigenvalue weighted by molar-refractivity contribution is 5.95. The first-order valence-electron chi connectivity index (χ1n) is 14.0. The van der Waals surface area contributed by atoms with E-state index in [1.807, 2.05) is 0 Å². The van der Waals surface area contributed by atoms with Gasteiger partial charge in [0.25, 0.3) is 0 Å². The molecule has 0 radical (unpaired) electrons. The van der Waals surface area contributed by atoms with E-state index < -0.39 is 5.54 Å². The lowest BCUT2D eigenvalue weighted by molar-refractivity contribution is 0.480. The summed E-state index contributed by atoms with van der Waals surface area (Å²) in [5.41, 5.74) is 13.6. The summed E-state index contributed by atoms with van der Waals surface area (Å²) in [4.78, 5) is 0. The zero-order valence-corrected chi connectivity index (χ0v) is 25.7. The van der Waals surface area contributed by atoms with Gasteiger partial charge in [0, 0.05) is 16.3 Å². The molecular formula is C36H47NO. The van der Waals surface area contributed by atoms with Gasteiger partial charge in [0.05, 0.1) is 0 Å². The summed E-state index contributed by atoms with van der Waals surface area (Å²) < 4.78 is 7.11. The van der Waals surface area contributed by atoms with E-state index >= 15 is 0 Å². The second-order valence-electron chi connectivity index (χ2n) is 14.1. The van der Waals surface area contributed by atoms with Crippen LogP contribution in [0.3, 0.4) is 0 Å². The van der Waals surface area contributed by atoms with Crippen LogP contribution >= 0.6 is 0 Å². The molecule has 0 spiro atoms. The van der Waals surface area contributed by atoms with Crippen LogP contribution in [-0.2, 0) is 16.4 Å². The van der Waals surface area contributed by atoms with E-state index in [0.29, 0.717) is 5.92 Å². The quantitative estimate of drug-likeness (QED) is 0.297. The molecule has 4 aromatic carbocycles. The predicted octanol–water partition coefficient (Wildman–Crippen LogP) is 10.3. The van der Waals surface area contributed by atoms with Gasteiger partial charge in [0.2, 0.25) is 0 Å². The summed E-state index contributed by atoms with van der Waals surface area (Å²) >= 11 is 0. The van der Waals surface area contributed by atoms with Crippen LogP contribution in [0.4, 0.5) is 0 Å². The van der Waals surface area contributed by atoms with Crippen LogP contribution < -0.4 is 10.5 Å². The molecule has 38 heavy (non-hydrogen) atoms. The SMILES string of the molecule is Cc1c(C(C)C)cc2cc(C(C)(C)C)ccc2c1Oc1c(C)c(C(C)(C)C)cc2cc(C(C)(C)N)ccc12. The highest BCUT2D eigenvalue weighted by atomic mass is 16.5. The van der Waals surface area contributed by atoms with Crippen molar-refractivity contribution in [2.75, 3.05) is 0 Å². The Morgan fingerprint density at radius 3 is 1.63 bits per heavy atom. The first kappa shape index (κ1) is 28.2. The molecule has 0 aliphatic carbocycles. The van der Waals surface area contributed by atoms with E-state index in [0.717, 1.165) is 27.8 Å². The summed E-state index contributed by atoms with van der Waals surface area (Å²) in [6.07, 6.45) is 0. The molecule has 0 saturated carbocycles. The van der Waals surface area contributed by atoms with Gasteiger partial charge in [0.15, 0.2) is 0 Å². The summed E-state index contributed by atoms with van der Waals surface area (Å²) in [5.74, 6) is 2.30. The van der Waals surface area contributed by atoms with E-state index in [4.69, 9.17) is 10.5 Å². The molecule has 0 aliphatic rings. The molecule has 2 N–H and O–H groups in total. The van der Waals surface area contributed by atoms with E-state index in [1.165, 1.54) is 38.6 Å². The molecule has 2 nitrogen and oxygen atoms in total. The molecule has 0 aromatic heterocycles. The second kappa shape index (κ2) is 9.42. The summed E-state index contributed by atoms with van der Waals surface area (Å²) in [5, 5.41) is 4.69. The van der Waals surface area contributed by atoms with Crippen molar-refractivity contribution < 1.29 is 4.74 Å². The van der Waals surface area contributed by atoms with E-state index in [2.05, 4.69) is 132 Å². The Hall–Kier alpha value is -2.84. The molecule has 202 valence electrons. The van der Waals surface area contributed by atoms with Crippen molar-refractivity contribution in [1.82, 2.24) is 0 Å². The van der Waals surface area contributed by atoms with Gasteiger partial charge in [-0.2, -0.15) is 0 Å². The van der Waals surface area contributed by atoms with Gasteiger partial charge >= 0.3 is 0 Å². The fraction of sp³-hybridized carbons (Fsp3) is 0.444. The summed E-state index contributed by atoms with van der Waals surface area (Å²) in [6, 6.07) is 18.1. The molecule has 0 heterocycles. The van der Waals surface area contributed by atoms with Crippen LogP contribution in [0.1, 0.15) is 109 Å². The molecule has 0 saturated heterocycles. The van der Waals surface area contributed by atoms with Crippen molar-refractivity contribution in [3.05, 3.63) is 81.9 Å². The Balaban J connectivity index is 2.05. The van der Waals surface area contributed by atoms with Gasteiger partial charge in [-0.1, -0.05) is 97.9 Å². The van der Waals surface area contributed by atoms with E-state index in [-0.39, 0.29) is 10.8 Å². The lowest BCUT2D eigenvalue weighted by Crippen LogP contribution is -2.28. The number of ether oxygens (including phenoxy) is 1. The van der Waals surface area contributed by atoms with Crippen LogP contribution in [0.2, 0.25) is 0 Å². The number of nitrogens with two attached hydrogens (primary N) is 1. The normalized spacial score (nSPS) is 13.1. The van der Waals surface area contributed by atoms with Crippen LogP contribution in [0.5, 0.6) is 11.5 Å². The van der Waals surface area contributed by atoms with Crippen molar-refractivity contribution in [3.8, 4) is 11.5 Å². The average Bonchev–Trinajstić information content (AvgIpc) is 2.78. The van der Waals surface area contributed by atoms with E-state index in [1.54, 1.807) is 0 Å². The Labute approximate surface area is 230 Å². The minimum Gasteiger partial charge on any atom is -0.455 e. The Morgan fingerprint density at radius 2 is 1.13 bits per heavy atom. The number of hydrogen-bond acceptors (Lipinski definition) is 2. The average molecular weight is 510 g/mol. The van der Waals surface area contributed by atoms with Crippen LogP contribution in [0.25, 0.3) is 21.5 Å². The number of benzene rings is 4. The Kier molecular flexibility index (Phi) is 6.98. The fourth-order valence-electron chi connectivity index (χ4n) is 5.59. The van der Waals surface area contributed by atoms with Crippen molar-refractivity contribution in [1.29, 1.82) is 0 Å². The van der Waals surface area contributed by atoms with Crippen molar-refractivity contribution >= 4 is 21.5 Å². The zero-order chi connectivity index (χ0) is 28.4. The minimum absolute atomic E-state index is 0.0247. The van der Waals surface area contributed by atoms with Gasteiger partial charge in [-0.3, -0.25) is 0 Å². The number of hydrogen-bond donors (Lipinski definition) is 1. The molecule has 0 unspecified atom stereocenters. The van der Waals surface area contributed by atoms with Gasteiger partial charge in [-0.15, -0.1) is 0 Å². The van der Waals surface area contributed by atoms with Gasteiger partial charge < -0.3 is 10.5 Å². The monoisotopic (exact) mass is 509 g/mol. The van der Waals surface area contributed by atoms with Gasteiger partial charge in [0.1, 0.15) is 11.5 Å². The second-order valence-corrected chi connectivity index (χ2v) is 14.1. The highest BCUT2D eigenvalue weighted by Crippen LogP contribution is 2.45. The molecule has 0 bridgehead atoms. The minimum atomic E-state index is -0.412. The fourth-order valence-corrected chi connectivity index (χ4v) is 5.59. The number of fused-ring (bicyclic) bond motifs is 2. The van der Waals surface area contributed by atoms with Crippen LogP contribution in [-0.4, -0.2) is 0 Å². The van der Waals surface area contributed by atoms with Gasteiger partial charge in [-0.25, -0.2) is 0 Å². The molecule has 0 fully saturated rings. The van der Waals surface area contributed by atoms with E-state index in [9.17, 15) is 0 Å². The first-order valence-corrected chi connectivity index (χ1v) is 14.0. The Morgan fingerprint density at radius 1 is 0.632 bits per heavy atom. The standard InChI is InChI=1S/C36H47NO/c1-21(2)30-19-24-17-26(34(5,6)7)13-15-28(24)32(22(30)3)38-33-23(4)31(35(8,9)10)20-25-18-27(36(11,12)37)14-16-29(25)33/h13-21H,37H2,1-12H3. The molecule has 4 aromatic rings. The summed E-state index contributed by atoms with van der Waals surface area (Å²) in [6.45, 7) is 26.7. The highest BCUT2D eigenvalue weighted by Gasteiger charge is 2.25. The predicted molar refractivity (Wildman–Crippen MR) is 166 cm³/mol. The number of rotatable bonds is 4. The molecule has 4 rings (SSSR count). The Bertz CT molecular complexity index is 1520. The van der Waals surface area contributed by atoms with Crippen LogP contribution in [0, 0.1) is 13.8 Å². The molecule has 0 aliphatic heterocycles. The maximum absolute atomic E-state index is 7.11. The van der Waals surface area contributed by atoms with Crippen molar-refractivity contribution in [3.63, 3.8) is 0 Å². The van der Waals surface area contributed by atoms with Crippen LogP contribution in [0.15, 0.2) is 48.5 Å². The summed E-state index contributed by atoms with van der Waals surface area (Å²) in [7, 11) is 0. The zero-order valence-electron chi connectivity index (χ0n) is 25.7. The van der Waals surface area contributed by atoms with Crippen molar-refractivity contribution in [2.24, 2.45) is 5.73 Å². The lowest BCUT2D eigenvalue weighted by atomic mass is 9.81. The topological polar surface area (TPSA) is 35.2 Å². The first-order chi connectivity index (χ1) is 17.4.